The van der Waals surface area contributed by atoms with Gasteiger partial charge in [-0.1, -0.05) is 6.07 Å². The minimum absolute atomic E-state index is 0.789. The third-order valence-electron chi connectivity index (χ3n) is 3.85. The second-order valence-electron chi connectivity index (χ2n) is 5.10. The van der Waals surface area contributed by atoms with Crippen LogP contribution in [0.4, 0.5) is 5.69 Å². The highest BCUT2D eigenvalue weighted by atomic mass is 16.5. The summed E-state index contributed by atoms with van der Waals surface area (Å²) in [6.45, 7) is 5.08. The van der Waals surface area contributed by atoms with Crippen LogP contribution in [0.3, 0.4) is 0 Å². The summed E-state index contributed by atoms with van der Waals surface area (Å²) in [6.07, 6.45) is 1.30. The van der Waals surface area contributed by atoms with E-state index < -0.39 is 0 Å². The van der Waals surface area contributed by atoms with E-state index in [0.717, 1.165) is 25.7 Å². The Bertz CT molecular complexity index is 405. The Morgan fingerprint density at radius 3 is 3.12 bits per heavy atom. The van der Waals surface area contributed by atoms with Crippen LogP contribution in [0.25, 0.3) is 0 Å². The molecule has 1 saturated heterocycles. The molecule has 1 atom stereocenters. The van der Waals surface area contributed by atoms with Gasteiger partial charge in [0, 0.05) is 18.8 Å². The second kappa shape index (κ2) is 4.67. The van der Waals surface area contributed by atoms with Crippen LogP contribution in [0, 0.1) is 5.92 Å². The molecular weight excluding hydrogens is 212 g/mol. The molecular formula is C14H20N2O. The third kappa shape index (κ3) is 2.17. The summed E-state index contributed by atoms with van der Waals surface area (Å²) in [5.74, 6) is 0.796. The fourth-order valence-corrected chi connectivity index (χ4v) is 2.88. The fraction of sp³-hybridized carbons (Fsp3) is 0.571. The average Bonchev–Trinajstić information content (AvgIpc) is 2.96. The molecule has 1 N–H and O–H groups in total. The zero-order chi connectivity index (χ0) is 11.7. The number of hydrogen-bond donors (Lipinski definition) is 1. The van der Waals surface area contributed by atoms with E-state index in [1.54, 1.807) is 0 Å². The van der Waals surface area contributed by atoms with Crippen LogP contribution in [-0.2, 0) is 18.0 Å². The van der Waals surface area contributed by atoms with Crippen molar-refractivity contribution in [3.05, 3.63) is 29.3 Å². The molecule has 92 valence electrons. The van der Waals surface area contributed by atoms with Crippen LogP contribution in [0.2, 0.25) is 0 Å². The van der Waals surface area contributed by atoms with Crippen LogP contribution in [0.15, 0.2) is 18.2 Å². The van der Waals surface area contributed by atoms with E-state index in [1.165, 1.54) is 36.3 Å². The minimum atomic E-state index is 0.789. The second-order valence-corrected chi connectivity index (χ2v) is 5.10. The zero-order valence-electron chi connectivity index (χ0n) is 10.4. The van der Waals surface area contributed by atoms with Crippen molar-refractivity contribution in [2.45, 2.75) is 19.6 Å². The van der Waals surface area contributed by atoms with Crippen LogP contribution >= 0.6 is 0 Å². The first kappa shape index (κ1) is 11.1. The highest BCUT2D eigenvalue weighted by Gasteiger charge is 2.23. The van der Waals surface area contributed by atoms with Crippen molar-refractivity contribution in [1.29, 1.82) is 0 Å². The van der Waals surface area contributed by atoms with Gasteiger partial charge in [0.25, 0.3) is 0 Å². The van der Waals surface area contributed by atoms with Crippen molar-refractivity contribution in [1.82, 2.24) is 5.32 Å². The third-order valence-corrected chi connectivity index (χ3v) is 3.85. The van der Waals surface area contributed by atoms with E-state index in [0.29, 0.717) is 0 Å². The van der Waals surface area contributed by atoms with E-state index in [-0.39, 0.29) is 0 Å². The van der Waals surface area contributed by atoms with Crippen LogP contribution in [-0.4, -0.2) is 26.7 Å². The number of fused-ring (bicyclic) bond motifs is 1. The summed E-state index contributed by atoms with van der Waals surface area (Å²) in [5.41, 5.74) is 4.10. The summed E-state index contributed by atoms with van der Waals surface area (Å²) in [5, 5.41) is 3.28. The number of hydrogen-bond acceptors (Lipinski definition) is 3. The normalized spacial score (nSPS) is 23.1. The van der Waals surface area contributed by atoms with Crippen molar-refractivity contribution in [3.63, 3.8) is 0 Å². The first-order valence-electron chi connectivity index (χ1n) is 6.46. The highest BCUT2D eigenvalue weighted by Crippen LogP contribution is 2.28. The van der Waals surface area contributed by atoms with Crippen molar-refractivity contribution in [2.75, 3.05) is 31.6 Å². The molecule has 1 fully saturated rings. The lowest BCUT2D eigenvalue weighted by Crippen LogP contribution is -2.24. The van der Waals surface area contributed by atoms with Gasteiger partial charge in [0.2, 0.25) is 0 Å². The lowest BCUT2D eigenvalue weighted by Gasteiger charge is -2.19. The molecule has 3 nitrogen and oxygen atoms in total. The van der Waals surface area contributed by atoms with E-state index in [9.17, 15) is 0 Å². The van der Waals surface area contributed by atoms with Crippen molar-refractivity contribution in [3.8, 4) is 0 Å². The van der Waals surface area contributed by atoms with Crippen LogP contribution in [0.5, 0.6) is 0 Å². The Labute approximate surface area is 103 Å². The van der Waals surface area contributed by atoms with Gasteiger partial charge in [-0.3, -0.25) is 0 Å². The van der Waals surface area contributed by atoms with E-state index in [4.69, 9.17) is 4.74 Å². The molecule has 1 unspecified atom stereocenters. The van der Waals surface area contributed by atoms with Gasteiger partial charge in [0.15, 0.2) is 0 Å². The van der Waals surface area contributed by atoms with E-state index >= 15 is 0 Å². The Morgan fingerprint density at radius 1 is 1.35 bits per heavy atom. The molecule has 2 heterocycles. The largest absolute Gasteiger partial charge is 0.372 e. The summed E-state index contributed by atoms with van der Waals surface area (Å²) in [6, 6.07) is 6.78. The van der Waals surface area contributed by atoms with Crippen molar-refractivity contribution in [2.24, 2.45) is 5.92 Å². The maximum Gasteiger partial charge on any atom is 0.0725 e. The maximum atomic E-state index is 5.46. The Morgan fingerprint density at radius 2 is 2.24 bits per heavy atom. The first-order chi connectivity index (χ1) is 8.36. The molecule has 0 spiro atoms. The number of rotatable bonds is 3. The van der Waals surface area contributed by atoms with Gasteiger partial charge in [-0.15, -0.1) is 0 Å². The highest BCUT2D eigenvalue weighted by molar-refractivity contribution is 5.52. The van der Waals surface area contributed by atoms with Crippen LogP contribution in [0.1, 0.15) is 17.5 Å². The molecule has 0 aromatic heterocycles. The molecule has 0 saturated carbocycles. The molecule has 1 aromatic carbocycles. The standard InChI is InChI=1S/C14H20N2O/c1-15-7-11-4-5-16(8-11)14-3-2-12-9-17-10-13(12)6-14/h2-3,6,11,15H,4-5,7-10H2,1H3. The predicted molar refractivity (Wildman–Crippen MR) is 69.2 cm³/mol. The minimum Gasteiger partial charge on any atom is -0.372 e. The molecule has 2 aliphatic rings. The number of nitrogens with one attached hydrogen (secondary N) is 1. The summed E-state index contributed by atoms with van der Waals surface area (Å²) in [4.78, 5) is 2.50. The molecule has 3 rings (SSSR count). The van der Waals surface area contributed by atoms with Gasteiger partial charge >= 0.3 is 0 Å². The molecule has 17 heavy (non-hydrogen) atoms. The summed E-state index contributed by atoms with van der Waals surface area (Å²) >= 11 is 0. The number of anilines is 1. The number of benzene rings is 1. The van der Waals surface area contributed by atoms with Gasteiger partial charge in [-0.2, -0.15) is 0 Å². The first-order valence-corrected chi connectivity index (χ1v) is 6.46. The van der Waals surface area contributed by atoms with Gasteiger partial charge in [0.05, 0.1) is 13.2 Å². The van der Waals surface area contributed by atoms with Gasteiger partial charge < -0.3 is 15.0 Å². The maximum absolute atomic E-state index is 5.46. The molecule has 0 radical (unpaired) electrons. The monoisotopic (exact) mass is 232 g/mol. The molecule has 0 aliphatic carbocycles. The van der Waals surface area contributed by atoms with Crippen molar-refractivity contribution >= 4 is 5.69 Å². The average molecular weight is 232 g/mol. The molecule has 0 amide bonds. The zero-order valence-corrected chi connectivity index (χ0v) is 10.4. The molecule has 1 aromatic rings. The molecule has 2 aliphatic heterocycles. The van der Waals surface area contributed by atoms with Gasteiger partial charge in [-0.05, 0) is 49.2 Å². The number of nitrogens with zero attached hydrogens (tertiary/aromatic N) is 1. The summed E-state index contributed by atoms with van der Waals surface area (Å²) in [7, 11) is 2.04. The lowest BCUT2D eigenvalue weighted by atomic mass is 10.1. The Hall–Kier alpha value is -1.06. The smallest absolute Gasteiger partial charge is 0.0725 e. The van der Waals surface area contributed by atoms with Crippen LogP contribution < -0.4 is 10.2 Å². The van der Waals surface area contributed by atoms with E-state index in [2.05, 4.69) is 28.4 Å². The Kier molecular flexibility index (Phi) is 3.04. The van der Waals surface area contributed by atoms with Gasteiger partial charge in [-0.25, -0.2) is 0 Å². The van der Waals surface area contributed by atoms with Crippen molar-refractivity contribution < 1.29 is 4.74 Å². The molecule has 0 bridgehead atoms. The number of ether oxygens (including phenoxy) is 1. The SMILES string of the molecule is CNCC1CCN(c2ccc3c(c2)COC3)C1. The topological polar surface area (TPSA) is 24.5 Å². The fourth-order valence-electron chi connectivity index (χ4n) is 2.88. The Balaban J connectivity index is 1.73. The van der Waals surface area contributed by atoms with E-state index in [1.807, 2.05) is 7.05 Å². The predicted octanol–water partition coefficient (Wildman–Crippen LogP) is 1.76. The quantitative estimate of drug-likeness (QED) is 0.859. The lowest BCUT2D eigenvalue weighted by molar-refractivity contribution is 0.134. The molecule has 3 heteroatoms. The van der Waals surface area contributed by atoms with Gasteiger partial charge in [0.1, 0.15) is 0 Å². The summed E-state index contributed by atoms with van der Waals surface area (Å²) < 4.78 is 5.46.